The minimum Gasteiger partial charge on any atom is -0.399 e. The summed E-state index contributed by atoms with van der Waals surface area (Å²) >= 11 is 0. The lowest BCUT2D eigenvalue weighted by Gasteiger charge is -2.17. The van der Waals surface area contributed by atoms with Crippen LogP contribution in [-0.4, -0.2) is 17.6 Å². The molecule has 0 spiro atoms. The number of nitrogens with zero attached hydrogens (tertiary/aromatic N) is 2. The van der Waals surface area contributed by atoms with Gasteiger partial charge in [0.1, 0.15) is 5.69 Å². The van der Waals surface area contributed by atoms with Crippen LogP contribution in [0, 0.1) is 0 Å². The smallest absolute Gasteiger partial charge is 0.233 e. The first-order chi connectivity index (χ1) is 10.7. The molecule has 2 heterocycles. The first kappa shape index (κ1) is 12.9. The third kappa shape index (κ3) is 2.02. The van der Waals surface area contributed by atoms with Crippen LogP contribution in [0.15, 0.2) is 47.0 Å². The summed E-state index contributed by atoms with van der Waals surface area (Å²) in [4.78, 5) is 14.4. The van der Waals surface area contributed by atoms with E-state index in [0.717, 1.165) is 23.1 Å². The standard InChI is InChI=1S/C17H15N3O2/c18-12-6-5-11-7-8-20(15(11)9-12)17(21)10-14-13-3-1-2-4-16(13)22-19-14/h1-6,9H,7-8,10,18H2. The minimum absolute atomic E-state index is 0.0170. The largest absolute Gasteiger partial charge is 0.399 e. The third-order valence-electron chi connectivity index (χ3n) is 4.08. The van der Waals surface area contributed by atoms with Crippen LogP contribution in [0.2, 0.25) is 0 Å². The van der Waals surface area contributed by atoms with Crippen molar-refractivity contribution in [2.24, 2.45) is 0 Å². The van der Waals surface area contributed by atoms with Gasteiger partial charge in [-0.15, -0.1) is 0 Å². The molecule has 0 aliphatic carbocycles. The number of nitrogen functional groups attached to an aromatic ring is 1. The van der Waals surface area contributed by atoms with Crippen LogP contribution < -0.4 is 10.6 Å². The maximum atomic E-state index is 12.6. The molecule has 5 nitrogen and oxygen atoms in total. The van der Waals surface area contributed by atoms with Gasteiger partial charge in [-0.2, -0.15) is 0 Å². The van der Waals surface area contributed by atoms with Crippen molar-refractivity contribution in [3.05, 3.63) is 53.7 Å². The Hall–Kier alpha value is -2.82. The predicted molar refractivity (Wildman–Crippen MR) is 84.6 cm³/mol. The summed E-state index contributed by atoms with van der Waals surface area (Å²) in [6.07, 6.45) is 1.09. The highest BCUT2D eigenvalue weighted by molar-refractivity contribution is 5.98. The molecule has 1 amide bonds. The summed E-state index contributed by atoms with van der Waals surface area (Å²) in [5.74, 6) is 0.0170. The topological polar surface area (TPSA) is 72.4 Å². The second-order valence-corrected chi connectivity index (χ2v) is 5.49. The van der Waals surface area contributed by atoms with Gasteiger partial charge in [-0.05, 0) is 36.2 Å². The van der Waals surface area contributed by atoms with Crippen molar-refractivity contribution in [1.29, 1.82) is 0 Å². The molecular weight excluding hydrogens is 278 g/mol. The molecule has 3 aromatic rings. The van der Waals surface area contributed by atoms with Crippen molar-refractivity contribution in [2.45, 2.75) is 12.8 Å². The van der Waals surface area contributed by atoms with Gasteiger partial charge in [0.15, 0.2) is 5.58 Å². The molecule has 2 N–H and O–H groups in total. The number of anilines is 2. The van der Waals surface area contributed by atoms with E-state index in [1.54, 1.807) is 4.90 Å². The molecule has 5 heteroatoms. The fourth-order valence-corrected chi connectivity index (χ4v) is 2.96. The van der Waals surface area contributed by atoms with Gasteiger partial charge in [0, 0.05) is 23.3 Å². The number of hydrogen-bond acceptors (Lipinski definition) is 4. The van der Waals surface area contributed by atoms with Crippen LogP contribution >= 0.6 is 0 Å². The monoisotopic (exact) mass is 293 g/mol. The van der Waals surface area contributed by atoms with Crippen LogP contribution in [0.4, 0.5) is 11.4 Å². The molecule has 110 valence electrons. The van der Waals surface area contributed by atoms with Crippen molar-refractivity contribution >= 4 is 28.3 Å². The average Bonchev–Trinajstić information content (AvgIpc) is 3.11. The first-order valence-corrected chi connectivity index (χ1v) is 7.24. The lowest BCUT2D eigenvalue weighted by molar-refractivity contribution is -0.117. The summed E-state index contributed by atoms with van der Waals surface area (Å²) in [5, 5.41) is 4.92. The molecule has 0 unspecified atom stereocenters. The molecule has 0 saturated heterocycles. The summed E-state index contributed by atoms with van der Waals surface area (Å²) in [7, 11) is 0. The van der Waals surface area contributed by atoms with Crippen LogP contribution in [0.3, 0.4) is 0 Å². The third-order valence-corrected chi connectivity index (χ3v) is 4.08. The Bertz CT molecular complexity index is 869. The number of nitrogens with two attached hydrogens (primary N) is 1. The first-order valence-electron chi connectivity index (χ1n) is 7.24. The van der Waals surface area contributed by atoms with Crippen LogP contribution in [0.25, 0.3) is 11.0 Å². The van der Waals surface area contributed by atoms with Gasteiger partial charge in [0.05, 0.1) is 6.42 Å². The van der Waals surface area contributed by atoms with Crippen LogP contribution in [0.1, 0.15) is 11.3 Å². The van der Waals surface area contributed by atoms with Crippen molar-refractivity contribution in [2.75, 3.05) is 17.2 Å². The number of rotatable bonds is 2. The second kappa shape index (κ2) is 4.87. The molecule has 2 aromatic carbocycles. The molecular formula is C17H15N3O2. The van der Waals surface area contributed by atoms with E-state index in [-0.39, 0.29) is 12.3 Å². The Labute approximate surface area is 127 Å². The summed E-state index contributed by atoms with van der Waals surface area (Å²) in [5.41, 5.74) is 9.97. The molecule has 0 radical (unpaired) electrons. The van der Waals surface area contributed by atoms with Gasteiger partial charge in [-0.1, -0.05) is 23.4 Å². The van der Waals surface area contributed by atoms with Crippen LogP contribution in [0.5, 0.6) is 0 Å². The zero-order valence-corrected chi connectivity index (χ0v) is 12.0. The molecule has 4 rings (SSSR count). The zero-order valence-electron chi connectivity index (χ0n) is 12.0. The molecule has 0 fully saturated rings. The zero-order chi connectivity index (χ0) is 15.1. The second-order valence-electron chi connectivity index (χ2n) is 5.49. The van der Waals surface area contributed by atoms with E-state index in [0.29, 0.717) is 23.5 Å². The molecule has 1 aromatic heterocycles. The molecule has 1 aliphatic rings. The minimum atomic E-state index is 0.0170. The Morgan fingerprint density at radius 3 is 3.05 bits per heavy atom. The van der Waals surface area contributed by atoms with Crippen molar-refractivity contribution in [3.63, 3.8) is 0 Å². The average molecular weight is 293 g/mol. The van der Waals surface area contributed by atoms with E-state index < -0.39 is 0 Å². The number of amides is 1. The van der Waals surface area contributed by atoms with Crippen molar-refractivity contribution in [1.82, 2.24) is 5.16 Å². The Balaban J connectivity index is 1.63. The Morgan fingerprint density at radius 2 is 2.14 bits per heavy atom. The van der Waals surface area contributed by atoms with Crippen LogP contribution in [-0.2, 0) is 17.6 Å². The van der Waals surface area contributed by atoms with E-state index in [9.17, 15) is 4.79 Å². The van der Waals surface area contributed by atoms with E-state index in [2.05, 4.69) is 5.16 Å². The van der Waals surface area contributed by atoms with E-state index in [1.165, 1.54) is 0 Å². The number of aromatic nitrogens is 1. The highest BCUT2D eigenvalue weighted by Gasteiger charge is 2.26. The van der Waals surface area contributed by atoms with Gasteiger partial charge >= 0.3 is 0 Å². The normalized spacial score (nSPS) is 13.5. The summed E-state index contributed by atoms with van der Waals surface area (Å²) in [6, 6.07) is 13.3. The molecule has 0 atom stereocenters. The number of carbonyl (C=O) groups excluding carboxylic acids is 1. The number of carbonyl (C=O) groups is 1. The Morgan fingerprint density at radius 1 is 1.27 bits per heavy atom. The number of fused-ring (bicyclic) bond motifs is 2. The molecule has 22 heavy (non-hydrogen) atoms. The van der Waals surface area contributed by atoms with Gasteiger partial charge in [-0.3, -0.25) is 4.79 Å². The quantitative estimate of drug-likeness (QED) is 0.737. The van der Waals surface area contributed by atoms with Gasteiger partial charge in [0.2, 0.25) is 5.91 Å². The van der Waals surface area contributed by atoms with Crippen molar-refractivity contribution < 1.29 is 9.32 Å². The Kier molecular flexibility index (Phi) is 2.85. The summed E-state index contributed by atoms with van der Waals surface area (Å²) < 4.78 is 5.26. The lowest BCUT2D eigenvalue weighted by atomic mass is 10.1. The highest BCUT2D eigenvalue weighted by Crippen LogP contribution is 2.30. The molecule has 1 aliphatic heterocycles. The summed E-state index contributed by atoms with van der Waals surface area (Å²) in [6.45, 7) is 0.688. The lowest BCUT2D eigenvalue weighted by Crippen LogP contribution is -2.30. The number of para-hydroxylation sites is 1. The van der Waals surface area contributed by atoms with E-state index >= 15 is 0 Å². The number of benzene rings is 2. The van der Waals surface area contributed by atoms with E-state index in [1.807, 2.05) is 42.5 Å². The maximum absolute atomic E-state index is 12.6. The van der Waals surface area contributed by atoms with E-state index in [4.69, 9.17) is 10.3 Å². The SMILES string of the molecule is Nc1ccc2c(c1)N(C(=O)Cc1noc3ccccc13)CC2. The predicted octanol–water partition coefficient (Wildman–Crippen LogP) is 2.54. The van der Waals surface area contributed by atoms with Gasteiger partial charge < -0.3 is 15.2 Å². The fourth-order valence-electron chi connectivity index (χ4n) is 2.96. The molecule has 0 bridgehead atoms. The van der Waals surface area contributed by atoms with Gasteiger partial charge in [0.25, 0.3) is 0 Å². The highest BCUT2D eigenvalue weighted by atomic mass is 16.5. The maximum Gasteiger partial charge on any atom is 0.233 e. The fraction of sp³-hybridized carbons (Fsp3) is 0.176. The molecule has 0 saturated carbocycles. The number of hydrogen-bond donors (Lipinski definition) is 1. The van der Waals surface area contributed by atoms with Crippen molar-refractivity contribution in [3.8, 4) is 0 Å². The van der Waals surface area contributed by atoms with Gasteiger partial charge in [-0.25, -0.2) is 0 Å².